The van der Waals surface area contributed by atoms with Crippen molar-refractivity contribution in [2.75, 3.05) is 30.8 Å². The lowest BCUT2D eigenvalue weighted by molar-refractivity contribution is 0.414. The number of piperidine rings is 1. The van der Waals surface area contributed by atoms with Crippen molar-refractivity contribution in [2.24, 2.45) is 0 Å². The van der Waals surface area contributed by atoms with Gasteiger partial charge in [0.15, 0.2) is 11.6 Å². The standard InChI is InChI=1S/C15H21N5/c1-16-14-15(18-10-11-6-4-5-9-17-11)20-13-8-3-2-7-12(13)19-14/h2-3,7-8,11,17H,4-6,9-10H2,1H3,(H,16,19)(H,18,20)/t11-/m0/s1. The number of rotatable bonds is 4. The topological polar surface area (TPSA) is 61.9 Å². The van der Waals surface area contributed by atoms with E-state index in [1.807, 2.05) is 31.3 Å². The van der Waals surface area contributed by atoms with Crippen LogP contribution >= 0.6 is 0 Å². The van der Waals surface area contributed by atoms with Gasteiger partial charge in [0.2, 0.25) is 0 Å². The molecular weight excluding hydrogens is 250 g/mol. The van der Waals surface area contributed by atoms with Gasteiger partial charge in [-0.2, -0.15) is 0 Å². The number of fused-ring (bicyclic) bond motifs is 1. The second-order valence-electron chi connectivity index (χ2n) is 5.19. The summed E-state index contributed by atoms with van der Waals surface area (Å²) in [6.07, 6.45) is 3.82. The number of para-hydroxylation sites is 2. The highest BCUT2D eigenvalue weighted by Gasteiger charge is 2.14. The number of benzene rings is 1. The Balaban J connectivity index is 1.78. The molecule has 2 heterocycles. The van der Waals surface area contributed by atoms with Gasteiger partial charge in [0, 0.05) is 19.6 Å². The molecule has 0 spiro atoms. The third kappa shape index (κ3) is 2.82. The Bertz CT molecular complexity index is 577. The summed E-state index contributed by atoms with van der Waals surface area (Å²) in [6, 6.07) is 8.47. The minimum absolute atomic E-state index is 0.529. The average molecular weight is 271 g/mol. The molecule has 5 heteroatoms. The van der Waals surface area contributed by atoms with E-state index in [1.165, 1.54) is 19.3 Å². The van der Waals surface area contributed by atoms with Crippen molar-refractivity contribution in [1.82, 2.24) is 15.3 Å². The van der Waals surface area contributed by atoms with Gasteiger partial charge in [-0.3, -0.25) is 0 Å². The summed E-state index contributed by atoms with van der Waals surface area (Å²) in [7, 11) is 1.88. The summed E-state index contributed by atoms with van der Waals surface area (Å²) in [4.78, 5) is 9.27. The molecule has 0 bridgehead atoms. The van der Waals surface area contributed by atoms with Gasteiger partial charge in [-0.25, -0.2) is 9.97 Å². The maximum atomic E-state index is 4.67. The van der Waals surface area contributed by atoms with Crippen molar-refractivity contribution >= 4 is 22.7 Å². The van der Waals surface area contributed by atoms with Crippen LogP contribution in [-0.2, 0) is 0 Å². The molecule has 1 aliphatic heterocycles. The fraction of sp³-hybridized carbons (Fsp3) is 0.467. The predicted molar refractivity (Wildman–Crippen MR) is 83.2 cm³/mol. The van der Waals surface area contributed by atoms with Crippen molar-refractivity contribution in [3.63, 3.8) is 0 Å². The second-order valence-corrected chi connectivity index (χ2v) is 5.19. The van der Waals surface area contributed by atoms with E-state index in [9.17, 15) is 0 Å². The average Bonchev–Trinajstić information content (AvgIpc) is 2.53. The largest absolute Gasteiger partial charge is 0.370 e. The van der Waals surface area contributed by atoms with Crippen LogP contribution in [0.2, 0.25) is 0 Å². The fourth-order valence-corrected chi connectivity index (χ4v) is 2.62. The molecule has 5 nitrogen and oxygen atoms in total. The molecule has 2 aromatic rings. The van der Waals surface area contributed by atoms with Crippen molar-refractivity contribution in [3.05, 3.63) is 24.3 Å². The molecule has 0 unspecified atom stereocenters. The lowest BCUT2D eigenvalue weighted by atomic mass is 10.1. The molecule has 1 aromatic heterocycles. The summed E-state index contributed by atoms with van der Waals surface area (Å²) in [5.74, 6) is 1.64. The Morgan fingerprint density at radius 1 is 1.15 bits per heavy atom. The number of anilines is 2. The van der Waals surface area contributed by atoms with Crippen LogP contribution in [0.15, 0.2) is 24.3 Å². The zero-order chi connectivity index (χ0) is 13.8. The van der Waals surface area contributed by atoms with Crippen LogP contribution in [0, 0.1) is 0 Å². The van der Waals surface area contributed by atoms with Crippen LogP contribution in [0.4, 0.5) is 11.6 Å². The van der Waals surface area contributed by atoms with Crippen molar-refractivity contribution in [1.29, 1.82) is 0 Å². The number of nitrogens with one attached hydrogen (secondary N) is 3. The molecular formula is C15H21N5. The maximum Gasteiger partial charge on any atom is 0.169 e. The number of aromatic nitrogens is 2. The SMILES string of the molecule is CNc1nc2ccccc2nc1NC[C@@H]1CCCCN1. The van der Waals surface area contributed by atoms with Crippen molar-refractivity contribution in [2.45, 2.75) is 25.3 Å². The first-order valence-corrected chi connectivity index (χ1v) is 7.28. The van der Waals surface area contributed by atoms with Gasteiger partial charge in [-0.1, -0.05) is 18.6 Å². The number of hydrogen-bond acceptors (Lipinski definition) is 5. The smallest absolute Gasteiger partial charge is 0.169 e. The lowest BCUT2D eigenvalue weighted by Gasteiger charge is -2.24. The monoisotopic (exact) mass is 271 g/mol. The molecule has 0 radical (unpaired) electrons. The van der Waals surface area contributed by atoms with Crippen LogP contribution in [0.5, 0.6) is 0 Å². The van der Waals surface area contributed by atoms with E-state index in [1.54, 1.807) is 0 Å². The van der Waals surface area contributed by atoms with Gasteiger partial charge in [0.05, 0.1) is 11.0 Å². The fourth-order valence-electron chi connectivity index (χ4n) is 2.62. The third-order valence-corrected chi connectivity index (χ3v) is 3.74. The van der Waals surface area contributed by atoms with Crippen LogP contribution in [-0.4, -0.2) is 36.1 Å². The first-order valence-electron chi connectivity index (χ1n) is 7.28. The molecule has 1 aliphatic rings. The second kappa shape index (κ2) is 6.05. The van der Waals surface area contributed by atoms with E-state index in [4.69, 9.17) is 0 Å². The Morgan fingerprint density at radius 2 is 1.90 bits per heavy atom. The van der Waals surface area contributed by atoms with Crippen LogP contribution in [0.25, 0.3) is 11.0 Å². The van der Waals surface area contributed by atoms with E-state index in [0.29, 0.717) is 6.04 Å². The van der Waals surface area contributed by atoms with E-state index >= 15 is 0 Å². The predicted octanol–water partition coefficient (Wildman–Crippen LogP) is 2.23. The van der Waals surface area contributed by atoms with E-state index in [0.717, 1.165) is 35.8 Å². The Morgan fingerprint density at radius 3 is 2.55 bits per heavy atom. The maximum absolute atomic E-state index is 4.67. The highest BCUT2D eigenvalue weighted by Crippen LogP contribution is 2.21. The minimum Gasteiger partial charge on any atom is -0.370 e. The van der Waals surface area contributed by atoms with Gasteiger partial charge in [0.1, 0.15) is 0 Å². The van der Waals surface area contributed by atoms with Gasteiger partial charge in [-0.15, -0.1) is 0 Å². The molecule has 20 heavy (non-hydrogen) atoms. The van der Waals surface area contributed by atoms with Gasteiger partial charge >= 0.3 is 0 Å². The molecule has 3 rings (SSSR count). The zero-order valence-corrected chi connectivity index (χ0v) is 11.8. The summed E-state index contributed by atoms with van der Waals surface area (Å²) < 4.78 is 0. The van der Waals surface area contributed by atoms with E-state index < -0.39 is 0 Å². The molecule has 1 atom stereocenters. The highest BCUT2D eigenvalue weighted by molar-refractivity contribution is 5.80. The lowest BCUT2D eigenvalue weighted by Crippen LogP contribution is -2.39. The quantitative estimate of drug-likeness (QED) is 0.796. The van der Waals surface area contributed by atoms with E-state index in [2.05, 4.69) is 25.9 Å². The molecule has 1 aromatic carbocycles. The molecule has 0 saturated carbocycles. The molecule has 0 aliphatic carbocycles. The summed E-state index contributed by atoms with van der Waals surface area (Å²) >= 11 is 0. The van der Waals surface area contributed by atoms with Crippen LogP contribution in [0.3, 0.4) is 0 Å². The van der Waals surface area contributed by atoms with Crippen molar-refractivity contribution in [3.8, 4) is 0 Å². The van der Waals surface area contributed by atoms with Gasteiger partial charge in [0.25, 0.3) is 0 Å². The normalized spacial score (nSPS) is 18.9. The molecule has 1 fully saturated rings. The first kappa shape index (κ1) is 13.1. The van der Waals surface area contributed by atoms with E-state index in [-0.39, 0.29) is 0 Å². The zero-order valence-electron chi connectivity index (χ0n) is 11.8. The summed E-state index contributed by atoms with van der Waals surface area (Å²) in [5, 5.41) is 10.1. The minimum atomic E-state index is 0.529. The number of hydrogen-bond donors (Lipinski definition) is 3. The highest BCUT2D eigenvalue weighted by atomic mass is 15.1. The first-order chi connectivity index (χ1) is 9.86. The van der Waals surface area contributed by atoms with Gasteiger partial charge in [-0.05, 0) is 31.5 Å². The number of nitrogens with zero attached hydrogens (tertiary/aromatic N) is 2. The molecule has 1 saturated heterocycles. The van der Waals surface area contributed by atoms with Crippen LogP contribution < -0.4 is 16.0 Å². The Kier molecular flexibility index (Phi) is 3.97. The van der Waals surface area contributed by atoms with Crippen LogP contribution in [0.1, 0.15) is 19.3 Å². The molecule has 0 amide bonds. The Hall–Kier alpha value is -1.88. The Labute approximate surface area is 119 Å². The summed E-state index contributed by atoms with van der Waals surface area (Å²) in [6.45, 7) is 2.01. The molecule has 106 valence electrons. The molecule has 3 N–H and O–H groups in total. The van der Waals surface area contributed by atoms with Gasteiger partial charge < -0.3 is 16.0 Å². The summed E-state index contributed by atoms with van der Waals surface area (Å²) in [5.41, 5.74) is 1.84. The van der Waals surface area contributed by atoms with Crippen molar-refractivity contribution < 1.29 is 0 Å². The third-order valence-electron chi connectivity index (χ3n) is 3.74.